The van der Waals surface area contributed by atoms with Crippen LogP contribution in [0, 0.1) is 0 Å². The molecular formula is C26H25F6NO. The Bertz CT molecular complexity index is 1080. The molecule has 182 valence electrons. The third-order valence-corrected chi connectivity index (χ3v) is 5.56. The molecular weight excluding hydrogens is 456 g/mol. The largest absolute Gasteiger partial charge is 0.490 e. The van der Waals surface area contributed by atoms with Crippen molar-refractivity contribution in [2.75, 3.05) is 19.0 Å². The quantitative estimate of drug-likeness (QED) is 0.290. The number of nitrogens with zero attached hydrogens (tertiary/aromatic N) is 1. The van der Waals surface area contributed by atoms with Crippen LogP contribution in [0.15, 0.2) is 71.8 Å². The van der Waals surface area contributed by atoms with Gasteiger partial charge in [-0.2, -0.15) is 0 Å². The molecule has 0 bridgehead atoms. The molecule has 34 heavy (non-hydrogen) atoms. The second-order valence-corrected chi connectivity index (χ2v) is 8.23. The van der Waals surface area contributed by atoms with E-state index in [1.54, 1.807) is 19.0 Å². The summed E-state index contributed by atoms with van der Waals surface area (Å²) in [5, 5.41) is 0. The Balaban J connectivity index is 1.81. The molecule has 0 saturated heterocycles. The SMILES string of the molecule is CN(C)c1ccc(/C(F)=C(F)/C(F)=C(F)/C(F)=C(\F)c2ccc(OC3CCCCC3)cc2)cc1. The van der Waals surface area contributed by atoms with E-state index in [1.165, 1.54) is 24.3 Å². The fourth-order valence-corrected chi connectivity index (χ4v) is 3.60. The maximum Gasteiger partial charge on any atom is 0.200 e. The third-order valence-electron chi connectivity index (χ3n) is 5.56. The lowest BCUT2D eigenvalue weighted by molar-refractivity contribution is 0.155. The zero-order valence-corrected chi connectivity index (χ0v) is 18.9. The number of benzene rings is 2. The van der Waals surface area contributed by atoms with Gasteiger partial charge in [0, 0.05) is 30.9 Å². The number of rotatable bonds is 7. The molecule has 0 N–H and O–H groups in total. The van der Waals surface area contributed by atoms with Crippen LogP contribution in [-0.2, 0) is 0 Å². The summed E-state index contributed by atoms with van der Waals surface area (Å²) >= 11 is 0. The number of hydrogen-bond donors (Lipinski definition) is 0. The Morgan fingerprint density at radius 2 is 1.09 bits per heavy atom. The molecule has 1 saturated carbocycles. The van der Waals surface area contributed by atoms with E-state index < -0.39 is 40.5 Å². The first kappa shape index (κ1) is 25.5. The third kappa shape index (κ3) is 6.04. The number of halogens is 6. The lowest BCUT2D eigenvalue weighted by atomic mass is 9.98. The molecule has 2 nitrogen and oxygen atoms in total. The van der Waals surface area contributed by atoms with Gasteiger partial charge in [0.1, 0.15) is 5.75 Å². The Kier molecular flexibility index (Phi) is 8.47. The zero-order valence-electron chi connectivity index (χ0n) is 18.9. The predicted molar refractivity (Wildman–Crippen MR) is 122 cm³/mol. The van der Waals surface area contributed by atoms with E-state index in [4.69, 9.17) is 4.74 Å². The standard InChI is InChI=1S/C26H25F6NO/c1-33(2)18-12-8-16(9-13-18)21(27)23(29)25(31)26(32)24(30)22(28)17-10-14-20(15-11-17)34-19-6-4-3-5-7-19/h8-15,19H,3-7H2,1-2H3/b23-21+,24-22+,26-25+. The van der Waals surface area contributed by atoms with E-state index >= 15 is 0 Å². The molecule has 0 heterocycles. The number of hydrogen-bond acceptors (Lipinski definition) is 2. The molecule has 3 rings (SSSR count). The molecule has 0 spiro atoms. The average Bonchev–Trinajstić information content (AvgIpc) is 2.87. The highest BCUT2D eigenvalue weighted by atomic mass is 19.2. The first-order chi connectivity index (χ1) is 16.2. The van der Waals surface area contributed by atoms with Gasteiger partial charge in [-0.1, -0.05) is 6.42 Å². The predicted octanol–water partition coefficient (Wildman–Crippen LogP) is 8.53. The second kappa shape index (κ2) is 11.3. The molecule has 1 aliphatic carbocycles. The van der Waals surface area contributed by atoms with Crippen LogP contribution in [0.25, 0.3) is 11.7 Å². The van der Waals surface area contributed by atoms with Crippen molar-refractivity contribution >= 4 is 17.3 Å². The summed E-state index contributed by atoms with van der Waals surface area (Å²) in [6.45, 7) is 0. The minimum Gasteiger partial charge on any atom is -0.490 e. The smallest absolute Gasteiger partial charge is 0.200 e. The number of anilines is 1. The molecule has 8 heteroatoms. The summed E-state index contributed by atoms with van der Waals surface area (Å²) in [5.41, 5.74) is -0.129. The van der Waals surface area contributed by atoms with Crippen LogP contribution < -0.4 is 9.64 Å². The van der Waals surface area contributed by atoms with Crippen LogP contribution in [0.3, 0.4) is 0 Å². The Labute approximate surface area is 194 Å². The van der Waals surface area contributed by atoms with Crippen molar-refractivity contribution in [1.82, 2.24) is 0 Å². The van der Waals surface area contributed by atoms with Crippen molar-refractivity contribution in [3.8, 4) is 5.75 Å². The summed E-state index contributed by atoms with van der Waals surface area (Å²) in [4.78, 5) is 1.69. The molecule has 1 aliphatic rings. The first-order valence-corrected chi connectivity index (χ1v) is 10.9. The van der Waals surface area contributed by atoms with E-state index in [2.05, 4.69) is 0 Å². The van der Waals surface area contributed by atoms with E-state index in [9.17, 15) is 26.3 Å². The normalized spacial score (nSPS) is 16.9. The van der Waals surface area contributed by atoms with Crippen LogP contribution in [0.5, 0.6) is 5.75 Å². The summed E-state index contributed by atoms with van der Waals surface area (Å²) in [7, 11) is 3.45. The zero-order chi connectivity index (χ0) is 24.8. The molecule has 0 atom stereocenters. The van der Waals surface area contributed by atoms with E-state index in [-0.39, 0.29) is 11.7 Å². The lowest BCUT2D eigenvalue weighted by Crippen LogP contribution is -2.19. The van der Waals surface area contributed by atoms with Gasteiger partial charge in [0.15, 0.2) is 23.3 Å². The summed E-state index contributed by atoms with van der Waals surface area (Å²) in [5.74, 6) is -12.5. The Morgan fingerprint density at radius 1 is 0.647 bits per heavy atom. The molecule has 2 aromatic rings. The fourth-order valence-electron chi connectivity index (χ4n) is 3.60. The highest BCUT2D eigenvalue weighted by molar-refractivity contribution is 5.69. The molecule has 0 amide bonds. The molecule has 1 fully saturated rings. The summed E-state index contributed by atoms with van der Waals surface area (Å²) < 4.78 is 91.3. The highest BCUT2D eigenvalue weighted by Gasteiger charge is 2.24. The van der Waals surface area contributed by atoms with Crippen LogP contribution in [0.4, 0.5) is 32.0 Å². The molecule has 0 aromatic heterocycles. The maximum atomic E-state index is 14.4. The lowest BCUT2D eigenvalue weighted by Gasteiger charge is -2.23. The molecule has 0 radical (unpaired) electrons. The average molecular weight is 481 g/mol. The summed E-state index contributed by atoms with van der Waals surface area (Å²) in [6.07, 6.45) is 5.08. The first-order valence-electron chi connectivity index (χ1n) is 10.9. The topological polar surface area (TPSA) is 12.5 Å². The number of ether oxygens (including phenoxy) is 1. The van der Waals surface area contributed by atoms with E-state index in [1.807, 2.05) is 0 Å². The van der Waals surface area contributed by atoms with Crippen LogP contribution in [-0.4, -0.2) is 20.2 Å². The maximum absolute atomic E-state index is 14.4. The number of allylic oxidation sites excluding steroid dienone is 4. The van der Waals surface area contributed by atoms with Gasteiger partial charge >= 0.3 is 0 Å². The van der Waals surface area contributed by atoms with Crippen LogP contribution in [0.1, 0.15) is 43.2 Å². The van der Waals surface area contributed by atoms with Crippen molar-refractivity contribution < 1.29 is 31.1 Å². The van der Waals surface area contributed by atoms with Gasteiger partial charge in [-0.15, -0.1) is 0 Å². The molecule has 2 aromatic carbocycles. The van der Waals surface area contributed by atoms with Gasteiger partial charge in [0.05, 0.1) is 6.10 Å². The van der Waals surface area contributed by atoms with Gasteiger partial charge in [-0.3, -0.25) is 0 Å². The monoisotopic (exact) mass is 481 g/mol. The van der Waals surface area contributed by atoms with Gasteiger partial charge in [0.2, 0.25) is 11.7 Å². The molecule has 0 aliphatic heterocycles. The van der Waals surface area contributed by atoms with E-state index in [0.29, 0.717) is 11.4 Å². The van der Waals surface area contributed by atoms with Crippen molar-refractivity contribution in [2.45, 2.75) is 38.2 Å². The highest BCUT2D eigenvalue weighted by Crippen LogP contribution is 2.36. The van der Waals surface area contributed by atoms with Gasteiger partial charge < -0.3 is 9.64 Å². The minimum atomic E-state index is -2.47. The second-order valence-electron chi connectivity index (χ2n) is 8.23. The van der Waals surface area contributed by atoms with Gasteiger partial charge in [-0.05, 0) is 74.2 Å². The van der Waals surface area contributed by atoms with Crippen LogP contribution >= 0.6 is 0 Å². The fraction of sp³-hybridized carbons (Fsp3) is 0.308. The molecule has 0 unspecified atom stereocenters. The Morgan fingerprint density at radius 3 is 1.53 bits per heavy atom. The van der Waals surface area contributed by atoms with Crippen molar-refractivity contribution in [2.24, 2.45) is 0 Å². The van der Waals surface area contributed by atoms with Gasteiger partial charge in [0.25, 0.3) is 0 Å². The van der Waals surface area contributed by atoms with E-state index in [0.717, 1.165) is 56.4 Å². The van der Waals surface area contributed by atoms with Crippen molar-refractivity contribution in [1.29, 1.82) is 0 Å². The Hall–Kier alpha value is -3.16. The van der Waals surface area contributed by atoms with Crippen LogP contribution in [0.2, 0.25) is 0 Å². The van der Waals surface area contributed by atoms with Crippen molar-refractivity contribution in [3.63, 3.8) is 0 Å². The minimum absolute atomic E-state index is 0.0370. The van der Waals surface area contributed by atoms with Gasteiger partial charge in [-0.25, -0.2) is 26.3 Å². The van der Waals surface area contributed by atoms with Crippen molar-refractivity contribution in [3.05, 3.63) is 83.0 Å². The summed E-state index contributed by atoms with van der Waals surface area (Å²) in [6, 6.07) is 10.2.